The van der Waals surface area contributed by atoms with Gasteiger partial charge in [0.15, 0.2) is 0 Å². The maximum Gasteiger partial charge on any atom is 0.328 e. The number of anilines is 1. The van der Waals surface area contributed by atoms with E-state index < -0.39 is 0 Å². The minimum absolute atomic E-state index is 0.0390. The highest BCUT2D eigenvalue weighted by Gasteiger charge is 2.39. The first-order valence-electron chi connectivity index (χ1n) is 7.55. The van der Waals surface area contributed by atoms with Crippen LogP contribution in [-0.2, 0) is 14.1 Å². The summed E-state index contributed by atoms with van der Waals surface area (Å²) in [6.45, 7) is 0. The highest BCUT2D eigenvalue weighted by molar-refractivity contribution is 5.80. The Labute approximate surface area is 118 Å². The van der Waals surface area contributed by atoms with E-state index in [1.54, 1.807) is 9.13 Å². The molecule has 3 unspecified atom stereocenters. The van der Waals surface area contributed by atoms with Gasteiger partial charge in [-0.1, -0.05) is 6.42 Å². The third-order valence-corrected chi connectivity index (χ3v) is 5.36. The lowest BCUT2D eigenvalue weighted by Crippen LogP contribution is -2.25. The molecule has 2 aromatic rings. The third kappa shape index (κ3) is 1.63. The van der Waals surface area contributed by atoms with Gasteiger partial charge < -0.3 is 5.32 Å². The lowest BCUT2D eigenvalue weighted by Gasteiger charge is -2.24. The molecule has 2 aliphatic carbocycles. The summed E-state index contributed by atoms with van der Waals surface area (Å²) in [5.41, 5.74) is 3.19. The molecule has 106 valence electrons. The van der Waals surface area contributed by atoms with Gasteiger partial charge in [0.05, 0.1) is 11.0 Å². The number of aryl methyl sites for hydroxylation is 2. The third-order valence-electron chi connectivity index (χ3n) is 5.36. The standard InChI is InChI=1S/C16H21N3O/c1-18-14-6-5-12(9-15(14)19(2)16(18)20)17-13-8-10-3-4-11(13)7-10/h5-6,9-11,13,17H,3-4,7-8H2,1-2H3. The van der Waals surface area contributed by atoms with Crippen molar-refractivity contribution in [3.63, 3.8) is 0 Å². The molecule has 4 rings (SSSR count). The summed E-state index contributed by atoms with van der Waals surface area (Å²) in [5.74, 6) is 1.80. The molecule has 0 radical (unpaired) electrons. The Hall–Kier alpha value is -1.71. The van der Waals surface area contributed by atoms with Crippen molar-refractivity contribution in [1.29, 1.82) is 0 Å². The monoisotopic (exact) mass is 271 g/mol. The highest BCUT2D eigenvalue weighted by Crippen LogP contribution is 2.45. The van der Waals surface area contributed by atoms with E-state index in [0.717, 1.165) is 28.6 Å². The van der Waals surface area contributed by atoms with Crippen LogP contribution in [0.25, 0.3) is 11.0 Å². The molecular weight excluding hydrogens is 250 g/mol. The minimum Gasteiger partial charge on any atom is -0.382 e. The summed E-state index contributed by atoms with van der Waals surface area (Å²) in [4.78, 5) is 12.0. The van der Waals surface area contributed by atoms with E-state index in [9.17, 15) is 4.79 Å². The van der Waals surface area contributed by atoms with Crippen molar-refractivity contribution >= 4 is 16.7 Å². The molecule has 2 aliphatic rings. The largest absolute Gasteiger partial charge is 0.382 e. The second kappa shape index (κ2) is 4.14. The second-order valence-electron chi connectivity index (χ2n) is 6.53. The SMILES string of the molecule is Cn1c(=O)n(C)c2cc(NC3CC4CCC3C4)ccc21. The summed E-state index contributed by atoms with van der Waals surface area (Å²) >= 11 is 0. The molecular formula is C16H21N3O. The van der Waals surface area contributed by atoms with Gasteiger partial charge >= 0.3 is 5.69 Å². The summed E-state index contributed by atoms with van der Waals surface area (Å²) < 4.78 is 3.43. The van der Waals surface area contributed by atoms with Crippen molar-refractivity contribution in [2.24, 2.45) is 25.9 Å². The topological polar surface area (TPSA) is 39.0 Å². The highest BCUT2D eigenvalue weighted by atomic mass is 16.1. The van der Waals surface area contributed by atoms with E-state index in [-0.39, 0.29) is 5.69 Å². The van der Waals surface area contributed by atoms with Crippen molar-refractivity contribution in [1.82, 2.24) is 9.13 Å². The molecule has 1 N–H and O–H groups in total. The zero-order chi connectivity index (χ0) is 13.9. The zero-order valence-electron chi connectivity index (χ0n) is 12.1. The van der Waals surface area contributed by atoms with Crippen LogP contribution in [0, 0.1) is 11.8 Å². The van der Waals surface area contributed by atoms with Gasteiger partial charge in [-0.3, -0.25) is 9.13 Å². The van der Waals surface area contributed by atoms with Gasteiger partial charge in [0.1, 0.15) is 0 Å². The smallest absolute Gasteiger partial charge is 0.328 e. The summed E-state index contributed by atoms with van der Waals surface area (Å²) in [6, 6.07) is 6.90. The lowest BCUT2D eigenvalue weighted by molar-refractivity contribution is 0.440. The summed E-state index contributed by atoms with van der Waals surface area (Å²) in [6.07, 6.45) is 5.53. The predicted octanol–water partition coefficient (Wildman–Crippen LogP) is 2.48. The number of hydrogen-bond donors (Lipinski definition) is 1. The van der Waals surface area contributed by atoms with Crippen molar-refractivity contribution in [3.8, 4) is 0 Å². The Morgan fingerprint density at radius 3 is 2.60 bits per heavy atom. The normalized spacial score (nSPS) is 28.4. The molecule has 2 saturated carbocycles. The van der Waals surface area contributed by atoms with E-state index in [1.807, 2.05) is 20.2 Å². The van der Waals surface area contributed by atoms with Gasteiger partial charge in [0, 0.05) is 25.8 Å². The molecule has 1 aromatic carbocycles. The Morgan fingerprint density at radius 2 is 1.90 bits per heavy atom. The molecule has 0 spiro atoms. The Bertz CT molecular complexity index is 727. The number of nitrogens with one attached hydrogen (secondary N) is 1. The number of rotatable bonds is 2. The molecule has 0 saturated heterocycles. The van der Waals surface area contributed by atoms with Crippen molar-refractivity contribution in [2.45, 2.75) is 31.7 Å². The number of benzene rings is 1. The molecule has 0 amide bonds. The number of hydrogen-bond acceptors (Lipinski definition) is 2. The molecule has 20 heavy (non-hydrogen) atoms. The van der Waals surface area contributed by atoms with Gasteiger partial charge in [0.25, 0.3) is 0 Å². The molecule has 3 atom stereocenters. The molecule has 2 fully saturated rings. The van der Waals surface area contributed by atoms with Crippen LogP contribution in [0.5, 0.6) is 0 Å². The van der Waals surface area contributed by atoms with Gasteiger partial charge in [-0.25, -0.2) is 4.79 Å². The first-order chi connectivity index (χ1) is 9.63. The average molecular weight is 271 g/mol. The van der Waals surface area contributed by atoms with E-state index in [0.29, 0.717) is 6.04 Å². The fourth-order valence-electron chi connectivity index (χ4n) is 4.23. The van der Waals surface area contributed by atoms with Gasteiger partial charge in [-0.15, -0.1) is 0 Å². The molecule has 4 nitrogen and oxygen atoms in total. The van der Waals surface area contributed by atoms with Crippen LogP contribution >= 0.6 is 0 Å². The van der Waals surface area contributed by atoms with Crippen LogP contribution in [0.15, 0.2) is 23.0 Å². The average Bonchev–Trinajstić information content (AvgIpc) is 3.11. The molecule has 0 aliphatic heterocycles. The Kier molecular flexibility index (Phi) is 2.50. The Morgan fingerprint density at radius 1 is 1.10 bits per heavy atom. The van der Waals surface area contributed by atoms with Crippen LogP contribution in [0.2, 0.25) is 0 Å². The molecule has 4 heteroatoms. The van der Waals surface area contributed by atoms with Gasteiger partial charge in [-0.2, -0.15) is 0 Å². The molecule has 1 heterocycles. The first kappa shape index (κ1) is 12.1. The molecule has 2 bridgehead atoms. The maximum absolute atomic E-state index is 12.0. The van der Waals surface area contributed by atoms with E-state index in [1.165, 1.54) is 25.7 Å². The van der Waals surface area contributed by atoms with Crippen LogP contribution in [0.3, 0.4) is 0 Å². The Balaban J connectivity index is 1.67. The van der Waals surface area contributed by atoms with Crippen molar-refractivity contribution < 1.29 is 0 Å². The summed E-state index contributed by atoms with van der Waals surface area (Å²) in [5, 5.41) is 3.70. The fraction of sp³-hybridized carbons (Fsp3) is 0.562. The number of imidazole rings is 1. The zero-order valence-corrected chi connectivity index (χ0v) is 12.1. The maximum atomic E-state index is 12.0. The van der Waals surface area contributed by atoms with Crippen LogP contribution < -0.4 is 11.0 Å². The number of nitrogens with zero attached hydrogens (tertiary/aromatic N) is 2. The van der Waals surface area contributed by atoms with E-state index in [4.69, 9.17) is 0 Å². The summed E-state index contributed by atoms with van der Waals surface area (Å²) in [7, 11) is 3.67. The van der Waals surface area contributed by atoms with E-state index in [2.05, 4.69) is 17.4 Å². The van der Waals surface area contributed by atoms with Crippen molar-refractivity contribution in [2.75, 3.05) is 5.32 Å². The van der Waals surface area contributed by atoms with Crippen LogP contribution in [-0.4, -0.2) is 15.2 Å². The van der Waals surface area contributed by atoms with E-state index >= 15 is 0 Å². The first-order valence-corrected chi connectivity index (χ1v) is 7.55. The number of aromatic nitrogens is 2. The van der Waals surface area contributed by atoms with Crippen molar-refractivity contribution in [3.05, 3.63) is 28.7 Å². The second-order valence-corrected chi connectivity index (χ2v) is 6.53. The predicted molar refractivity (Wildman–Crippen MR) is 81.0 cm³/mol. The minimum atomic E-state index is 0.0390. The quantitative estimate of drug-likeness (QED) is 0.911. The van der Waals surface area contributed by atoms with Gasteiger partial charge in [-0.05, 0) is 49.3 Å². The van der Waals surface area contributed by atoms with Crippen LogP contribution in [0.4, 0.5) is 5.69 Å². The van der Waals surface area contributed by atoms with Crippen LogP contribution in [0.1, 0.15) is 25.7 Å². The lowest BCUT2D eigenvalue weighted by atomic mass is 9.95. The fourth-order valence-corrected chi connectivity index (χ4v) is 4.23. The molecule has 1 aromatic heterocycles. The number of fused-ring (bicyclic) bond motifs is 3. The van der Waals surface area contributed by atoms with Gasteiger partial charge in [0.2, 0.25) is 0 Å².